The average Bonchev–Trinajstić information content (AvgIpc) is 2.66. The number of nitriles is 1. The Bertz CT molecular complexity index is 870. The fourth-order valence-electron chi connectivity index (χ4n) is 2.20. The molecule has 0 spiro atoms. The molecule has 2 aromatic carbocycles. The van der Waals surface area contributed by atoms with Crippen LogP contribution in [-0.2, 0) is 4.79 Å². The van der Waals surface area contributed by atoms with Gasteiger partial charge in [-0.1, -0.05) is 11.6 Å². The lowest BCUT2D eigenvalue weighted by Crippen LogP contribution is -2.13. The third-order valence-electron chi connectivity index (χ3n) is 3.50. The van der Waals surface area contributed by atoms with E-state index in [0.717, 1.165) is 0 Å². The second-order valence-electron chi connectivity index (χ2n) is 5.08. The summed E-state index contributed by atoms with van der Waals surface area (Å²) in [4.78, 5) is 12.4. The van der Waals surface area contributed by atoms with E-state index in [4.69, 9.17) is 25.8 Å². The Labute approximate surface area is 156 Å². The summed E-state index contributed by atoms with van der Waals surface area (Å²) in [6, 6.07) is 11.7. The number of benzene rings is 2. The number of methoxy groups -OCH3 is 3. The topological polar surface area (TPSA) is 80.6 Å². The summed E-state index contributed by atoms with van der Waals surface area (Å²) in [5.41, 5.74) is 0.943. The SMILES string of the molecule is COc1cc(OC)c(OC)cc1/C=C(\C#N)C(=O)Nc1ccc(Cl)cc1. The number of hydrogen-bond acceptors (Lipinski definition) is 5. The molecular weight excluding hydrogens is 356 g/mol. The molecule has 0 aromatic heterocycles. The number of nitrogens with one attached hydrogen (secondary N) is 1. The second-order valence-corrected chi connectivity index (χ2v) is 5.52. The predicted octanol–water partition coefficient (Wildman–Crippen LogP) is 3.91. The van der Waals surface area contributed by atoms with Crippen LogP contribution in [0, 0.1) is 11.3 Å². The van der Waals surface area contributed by atoms with Crippen molar-refractivity contribution in [2.75, 3.05) is 26.6 Å². The second kappa shape index (κ2) is 8.79. The van der Waals surface area contributed by atoms with Crippen LogP contribution in [0.2, 0.25) is 5.02 Å². The summed E-state index contributed by atoms with van der Waals surface area (Å²) in [7, 11) is 4.49. The van der Waals surface area contributed by atoms with Crippen molar-refractivity contribution in [3.63, 3.8) is 0 Å². The van der Waals surface area contributed by atoms with Crippen LogP contribution in [-0.4, -0.2) is 27.2 Å². The molecule has 0 aliphatic heterocycles. The fraction of sp³-hybridized carbons (Fsp3) is 0.158. The van der Waals surface area contributed by atoms with E-state index < -0.39 is 5.91 Å². The van der Waals surface area contributed by atoms with Gasteiger partial charge in [0.15, 0.2) is 11.5 Å². The van der Waals surface area contributed by atoms with E-state index in [1.165, 1.54) is 27.4 Å². The van der Waals surface area contributed by atoms with Crippen LogP contribution >= 0.6 is 11.6 Å². The molecule has 1 amide bonds. The lowest BCUT2D eigenvalue weighted by molar-refractivity contribution is -0.112. The fourth-order valence-corrected chi connectivity index (χ4v) is 2.33. The molecule has 0 saturated heterocycles. The largest absolute Gasteiger partial charge is 0.496 e. The molecule has 0 aliphatic rings. The zero-order valence-corrected chi connectivity index (χ0v) is 15.3. The maximum absolute atomic E-state index is 12.4. The van der Waals surface area contributed by atoms with Gasteiger partial charge in [-0.2, -0.15) is 5.26 Å². The molecule has 0 aliphatic carbocycles. The summed E-state index contributed by atoms with van der Waals surface area (Å²) in [5, 5.41) is 12.6. The van der Waals surface area contributed by atoms with Gasteiger partial charge in [0.1, 0.15) is 17.4 Å². The van der Waals surface area contributed by atoms with Gasteiger partial charge in [0.2, 0.25) is 0 Å². The third-order valence-corrected chi connectivity index (χ3v) is 3.75. The molecule has 2 aromatic rings. The summed E-state index contributed by atoms with van der Waals surface area (Å²) in [6.07, 6.45) is 1.42. The molecule has 7 heteroatoms. The third kappa shape index (κ3) is 4.47. The van der Waals surface area contributed by atoms with Crippen LogP contribution < -0.4 is 19.5 Å². The first-order valence-electron chi connectivity index (χ1n) is 7.51. The minimum atomic E-state index is -0.549. The molecule has 134 valence electrons. The van der Waals surface area contributed by atoms with E-state index in [9.17, 15) is 10.1 Å². The van der Waals surface area contributed by atoms with Crippen molar-refractivity contribution in [3.05, 3.63) is 52.6 Å². The molecule has 0 unspecified atom stereocenters. The quantitative estimate of drug-likeness (QED) is 0.614. The summed E-state index contributed by atoms with van der Waals surface area (Å²) < 4.78 is 15.8. The Balaban J connectivity index is 2.36. The van der Waals surface area contributed by atoms with Crippen LogP contribution in [0.25, 0.3) is 6.08 Å². The van der Waals surface area contributed by atoms with Gasteiger partial charge in [0.25, 0.3) is 5.91 Å². The Kier molecular flexibility index (Phi) is 6.48. The first-order chi connectivity index (χ1) is 12.5. The molecular formula is C19H17ClN2O4. The van der Waals surface area contributed by atoms with E-state index in [-0.39, 0.29) is 5.57 Å². The number of rotatable bonds is 6. The standard InChI is InChI=1S/C19H17ClN2O4/c1-24-16-10-18(26-3)17(25-2)9-12(16)8-13(11-21)19(23)22-15-6-4-14(20)5-7-15/h4-10H,1-3H3,(H,22,23)/b13-8+. The van der Waals surface area contributed by atoms with Crippen molar-refractivity contribution in [3.8, 4) is 23.3 Å². The molecule has 0 heterocycles. The summed E-state index contributed by atoms with van der Waals surface area (Å²) >= 11 is 5.82. The van der Waals surface area contributed by atoms with Crippen molar-refractivity contribution < 1.29 is 19.0 Å². The van der Waals surface area contributed by atoms with E-state index in [2.05, 4.69) is 5.32 Å². The maximum Gasteiger partial charge on any atom is 0.266 e. The highest BCUT2D eigenvalue weighted by molar-refractivity contribution is 6.30. The summed E-state index contributed by atoms with van der Waals surface area (Å²) in [6.45, 7) is 0. The zero-order chi connectivity index (χ0) is 19.1. The number of anilines is 1. The van der Waals surface area contributed by atoms with E-state index in [1.54, 1.807) is 36.4 Å². The first-order valence-corrected chi connectivity index (χ1v) is 7.89. The molecule has 26 heavy (non-hydrogen) atoms. The van der Waals surface area contributed by atoms with Crippen molar-refractivity contribution >= 4 is 29.3 Å². The van der Waals surface area contributed by atoms with Gasteiger partial charge in [0, 0.05) is 22.3 Å². The van der Waals surface area contributed by atoms with Gasteiger partial charge in [-0.15, -0.1) is 0 Å². The molecule has 6 nitrogen and oxygen atoms in total. The Morgan fingerprint density at radius 2 is 1.62 bits per heavy atom. The number of nitrogens with zero attached hydrogens (tertiary/aromatic N) is 1. The monoisotopic (exact) mass is 372 g/mol. The number of hydrogen-bond donors (Lipinski definition) is 1. The van der Waals surface area contributed by atoms with E-state index >= 15 is 0 Å². The van der Waals surface area contributed by atoms with Crippen LogP contribution in [0.1, 0.15) is 5.56 Å². The maximum atomic E-state index is 12.4. The predicted molar refractivity (Wildman–Crippen MR) is 99.8 cm³/mol. The Hall–Kier alpha value is -3.17. The molecule has 0 bridgehead atoms. The minimum Gasteiger partial charge on any atom is -0.496 e. The zero-order valence-electron chi connectivity index (χ0n) is 14.5. The number of carbonyl (C=O) groups excluding carboxylic acids is 1. The van der Waals surface area contributed by atoms with Crippen molar-refractivity contribution in [1.29, 1.82) is 5.26 Å². The smallest absolute Gasteiger partial charge is 0.266 e. The van der Waals surface area contributed by atoms with Gasteiger partial charge >= 0.3 is 0 Å². The molecule has 2 rings (SSSR count). The van der Waals surface area contributed by atoms with Crippen LogP contribution in [0.5, 0.6) is 17.2 Å². The lowest BCUT2D eigenvalue weighted by atomic mass is 10.1. The van der Waals surface area contributed by atoms with Crippen molar-refractivity contribution in [2.45, 2.75) is 0 Å². The van der Waals surface area contributed by atoms with Crippen LogP contribution in [0.3, 0.4) is 0 Å². The number of halogens is 1. The highest BCUT2D eigenvalue weighted by Gasteiger charge is 2.14. The normalized spacial score (nSPS) is 10.7. The summed E-state index contributed by atoms with van der Waals surface area (Å²) in [5.74, 6) is 0.821. The molecule has 0 fully saturated rings. The molecule has 0 atom stereocenters. The molecule has 1 N–H and O–H groups in total. The number of carbonyl (C=O) groups is 1. The van der Waals surface area contributed by atoms with E-state index in [0.29, 0.717) is 33.5 Å². The lowest BCUT2D eigenvalue weighted by Gasteiger charge is -2.12. The highest BCUT2D eigenvalue weighted by Crippen LogP contribution is 2.35. The average molecular weight is 373 g/mol. The molecule has 0 radical (unpaired) electrons. The van der Waals surface area contributed by atoms with Gasteiger partial charge in [-0.25, -0.2) is 0 Å². The highest BCUT2D eigenvalue weighted by atomic mass is 35.5. The Morgan fingerprint density at radius 1 is 1.04 bits per heavy atom. The Morgan fingerprint density at radius 3 is 2.15 bits per heavy atom. The number of amides is 1. The van der Waals surface area contributed by atoms with Crippen molar-refractivity contribution in [1.82, 2.24) is 0 Å². The molecule has 0 saturated carbocycles. The number of ether oxygens (including phenoxy) is 3. The van der Waals surface area contributed by atoms with Gasteiger partial charge in [-0.3, -0.25) is 4.79 Å². The van der Waals surface area contributed by atoms with E-state index in [1.807, 2.05) is 6.07 Å². The van der Waals surface area contributed by atoms with Crippen LogP contribution in [0.15, 0.2) is 42.0 Å². The van der Waals surface area contributed by atoms with Gasteiger partial charge < -0.3 is 19.5 Å². The first kappa shape index (κ1) is 19.2. The van der Waals surface area contributed by atoms with Gasteiger partial charge in [0.05, 0.1) is 21.3 Å². The van der Waals surface area contributed by atoms with Crippen LogP contribution in [0.4, 0.5) is 5.69 Å². The van der Waals surface area contributed by atoms with Crippen molar-refractivity contribution in [2.24, 2.45) is 0 Å². The van der Waals surface area contributed by atoms with Gasteiger partial charge in [-0.05, 0) is 36.4 Å². The minimum absolute atomic E-state index is 0.0922.